The van der Waals surface area contributed by atoms with Crippen molar-refractivity contribution >= 4 is 6.41 Å². The minimum Gasteiger partial charge on any atom is -0.359 e. The molecule has 0 spiro atoms. The zero-order valence-electron chi connectivity index (χ0n) is 13.7. The number of carbonyl (C=O) groups excluding carboxylic acids is 1. The summed E-state index contributed by atoms with van der Waals surface area (Å²) in [5.74, 6) is 0. The predicted octanol–water partition coefficient (Wildman–Crippen LogP) is 4.78. The van der Waals surface area contributed by atoms with Gasteiger partial charge in [0.1, 0.15) is 0 Å². The van der Waals surface area contributed by atoms with Gasteiger partial charge in [-0.25, -0.2) is 0 Å². The lowest BCUT2D eigenvalue weighted by atomic mass is 9.78. The third kappa shape index (κ3) is 24.6. The first-order valence-electron chi connectivity index (χ1n) is 7.29. The molecule has 0 atom stereocenters. The summed E-state index contributed by atoms with van der Waals surface area (Å²) in [7, 11) is 0. The van der Waals surface area contributed by atoms with Gasteiger partial charge in [0.05, 0.1) is 0 Å². The van der Waals surface area contributed by atoms with Crippen molar-refractivity contribution in [1.29, 1.82) is 0 Å². The molecule has 0 aromatic rings. The van der Waals surface area contributed by atoms with Crippen molar-refractivity contribution in [2.75, 3.05) is 6.54 Å². The highest BCUT2D eigenvalue weighted by molar-refractivity contribution is 5.45. The summed E-state index contributed by atoms with van der Waals surface area (Å²) in [5.41, 5.74) is 0.969. The Balaban J connectivity index is 0. The van der Waals surface area contributed by atoms with E-state index in [2.05, 4.69) is 53.8 Å². The minimum absolute atomic E-state index is 0.484. The highest BCUT2D eigenvalue weighted by atomic mass is 16.1. The number of rotatable bonds is 6. The van der Waals surface area contributed by atoms with Crippen LogP contribution in [0.1, 0.15) is 80.6 Å². The largest absolute Gasteiger partial charge is 0.359 e. The van der Waals surface area contributed by atoms with Gasteiger partial charge in [-0.2, -0.15) is 0 Å². The average molecular weight is 257 g/mol. The number of hydrogen-bond acceptors (Lipinski definition) is 1. The first kappa shape index (κ1) is 19.8. The third-order valence-electron chi connectivity index (χ3n) is 2.32. The van der Waals surface area contributed by atoms with E-state index in [4.69, 9.17) is 0 Å². The fourth-order valence-electron chi connectivity index (χ4n) is 2.30. The summed E-state index contributed by atoms with van der Waals surface area (Å²) in [6.45, 7) is 16.8. The van der Waals surface area contributed by atoms with E-state index in [-0.39, 0.29) is 0 Å². The van der Waals surface area contributed by atoms with Gasteiger partial charge < -0.3 is 5.32 Å². The summed E-state index contributed by atoms with van der Waals surface area (Å²) < 4.78 is 0. The molecule has 0 aliphatic carbocycles. The van der Waals surface area contributed by atoms with Crippen LogP contribution >= 0.6 is 0 Å². The van der Waals surface area contributed by atoms with Crippen LogP contribution in [0.3, 0.4) is 0 Å². The van der Waals surface area contributed by atoms with Crippen molar-refractivity contribution in [3.05, 3.63) is 0 Å². The summed E-state index contributed by atoms with van der Waals surface area (Å²) in [5, 5.41) is 2.63. The number of nitrogens with one attached hydrogen (secondary N) is 1. The van der Waals surface area contributed by atoms with E-state index >= 15 is 0 Å². The van der Waals surface area contributed by atoms with Crippen molar-refractivity contribution in [3.63, 3.8) is 0 Å². The van der Waals surface area contributed by atoms with Crippen molar-refractivity contribution in [3.8, 4) is 0 Å². The van der Waals surface area contributed by atoms with Crippen LogP contribution in [0.2, 0.25) is 0 Å². The molecular formula is C16H35NO. The Bertz CT molecular complexity index is 174. The monoisotopic (exact) mass is 257 g/mol. The maximum absolute atomic E-state index is 9.73. The van der Waals surface area contributed by atoms with Gasteiger partial charge in [0, 0.05) is 6.54 Å². The quantitative estimate of drug-likeness (QED) is 0.538. The molecule has 0 aliphatic rings. The standard InChI is InChI=1S/C9H20.C7H15NO/c1-8(2,3)7-9(4,5)6;1-2-3-4-5-6-8-7-9/h7H2,1-6H3;7H,2-6H2,1H3,(H,8,9). The zero-order valence-corrected chi connectivity index (χ0v) is 13.7. The van der Waals surface area contributed by atoms with E-state index < -0.39 is 0 Å². The normalized spacial score (nSPS) is 11.5. The fraction of sp³-hybridized carbons (Fsp3) is 0.938. The van der Waals surface area contributed by atoms with Crippen molar-refractivity contribution in [2.45, 2.75) is 80.6 Å². The van der Waals surface area contributed by atoms with Gasteiger partial charge in [-0.05, 0) is 23.7 Å². The van der Waals surface area contributed by atoms with Gasteiger partial charge in [0.15, 0.2) is 0 Å². The van der Waals surface area contributed by atoms with Gasteiger partial charge in [-0.15, -0.1) is 0 Å². The summed E-state index contributed by atoms with van der Waals surface area (Å²) >= 11 is 0. The van der Waals surface area contributed by atoms with E-state index in [9.17, 15) is 4.79 Å². The second-order valence-corrected chi connectivity index (χ2v) is 7.43. The molecule has 1 N–H and O–H groups in total. The smallest absolute Gasteiger partial charge is 0.207 e. The van der Waals surface area contributed by atoms with Crippen LogP contribution in [-0.2, 0) is 4.79 Å². The van der Waals surface area contributed by atoms with Gasteiger partial charge in [-0.3, -0.25) is 4.79 Å². The molecule has 2 nitrogen and oxygen atoms in total. The second kappa shape index (κ2) is 10.4. The van der Waals surface area contributed by atoms with Crippen LogP contribution in [0.25, 0.3) is 0 Å². The first-order valence-corrected chi connectivity index (χ1v) is 7.29. The molecule has 0 fully saturated rings. The molecule has 0 aliphatic heterocycles. The van der Waals surface area contributed by atoms with Crippen LogP contribution in [0.15, 0.2) is 0 Å². The summed E-state index contributed by atoms with van der Waals surface area (Å²) in [6.07, 6.45) is 6.93. The molecular weight excluding hydrogens is 222 g/mol. The average Bonchev–Trinajstić information content (AvgIpc) is 2.13. The Morgan fingerprint density at radius 1 is 0.889 bits per heavy atom. The number of carbonyl (C=O) groups is 1. The Kier molecular flexibility index (Phi) is 11.4. The van der Waals surface area contributed by atoms with Gasteiger partial charge >= 0.3 is 0 Å². The molecule has 110 valence electrons. The van der Waals surface area contributed by atoms with E-state index in [0.29, 0.717) is 10.8 Å². The molecule has 1 amide bonds. The van der Waals surface area contributed by atoms with Gasteiger partial charge in [-0.1, -0.05) is 67.7 Å². The molecule has 0 heterocycles. The van der Waals surface area contributed by atoms with E-state index in [0.717, 1.165) is 19.4 Å². The molecule has 0 aromatic carbocycles. The Morgan fingerprint density at radius 2 is 1.39 bits per heavy atom. The molecule has 0 saturated carbocycles. The van der Waals surface area contributed by atoms with E-state index in [1.54, 1.807) is 0 Å². The highest BCUT2D eigenvalue weighted by Crippen LogP contribution is 2.31. The lowest BCUT2D eigenvalue weighted by Crippen LogP contribution is -2.16. The Labute approximate surface area is 115 Å². The number of unbranched alkanes of at least 4 members (excludes halogenated alkanes) is 3. The molecule has 18 heavy (non-hydrogen) atoms. The van der Waals surface area contributed by atoms with Crippen LogP contribution in [0, 0.1) is 10.8 Å². The number of amides is 1. The van der Waals surface area contributed by atoms with Crippen LogP contribution in [0.4, 0.5) is 0 Å². The molecule has 0 unspecified atom stereocenters. The Hall–Kier alpha value is -0.530. The lowest BCUT2D eigenvalue weighted by molar-refractivity contribution is -0.109. The maximum Gasteiger partial charge on any atom is 0.207 e. The van der Waals surface area contributed by atoms with E-state index in [1.807, 2.05) is 0 Å². The first-order chi connectivity index (χ1) is 8.12. The SMILES string of the molecule is CC(C)(C)CC(C)(C)C.CCCCCCNC=O. The summed E-state index contributed by atoms with van der Waals surface area (Å²) in [4.78, 5) is 9.73. The minimum atomic E-state index is 0.484. The second-order valence-electron chi connectivity index (χ2n) is 7.43. The van der Waals surface area contributed by atoms with Crippen LogP contribution in [-0.4, -0.2) is 13.0 Å². The lowest BCUT2D eigenvalue weighted by Gasteiger charge is -2.28. The number of hydrogen-bond donors (Lipinski definition) is 1. The molecule has 0 bridgehead atoms. The molecule has 0 rings (SSSR count). The third-order valence-corrected chi connectivity index (χ3v) is 2.32. The summed E-state index contributed by atoms with van der Waals surface area (Å²) in [6, 6.07) is 0. The highest BCUT2D eigenvalue weighted by Gasteiger charge is 2.20. The van der Waals surface area contributed by atoms with Gasteiger partial charge in [0.25, 0.3) is 0 Å². The molecule has 2 heteroatoms. The Morgan fingerprint density at radius 3 is 1.67 bits per heavy atom. The van der Waals surface area contributed by atoms with E-state index in [1.165, 1.54) is 25.7 Å². The molecule has 0 aromatic heterocycles. The van der Waals surface area contributed by atoms with Crippen molar-refractivity contribution in [1.82, 2.24) is 5.32 Å². The predicted molar refractivity (Wildman–Crippen MR) is 81.7 cm³/mol. The van der Waals surface area contributed by atoms with Gasteiger partial charge in [0.2, 0.25) is 6.41 Å². The molecule has 0 saturated heterocycles. The zero-order chi connectivity index (χ0) is 14.7. The van der Waals surface area contributed by atoms with Crippen molar-refractivity contribution in [2.24, 2.45) is 10.8 Å². The topological polar surface area (TPSA) is 29.1 Å². The maximum atomic E-state index is 9.73. The van der Waals surface area contributed by atoms with Crippen molar-refractivity contribution < 1.29 is 4.79 Å². The van der Waals surface area contributed by atoms with Crippen LogP contribution < -0.4 is 5.32 Å². The fourth-order valence-corrected chi connectivity index (χ4v) is 2.30. The van der Waals surface area contributed by atoms with Crippen LogP contribution in [0.5, 0.6) is 0 Å². The molecule has 0 radical (unpaired) electrons.